The fraction of sp³-hybridized carbons (Fsp3) is 0.500. The lowest BCUT2D eigenvalue weighted by Gasteiger charge is -2.26. The van der Waals surface area contributed by atoms with Crippen molar-refractivity contribution in [3.05, 3.63) is 30.1 Å². The molecule has 19 heavy (non-hydrogen) atoms. The van der Waals surface area contributed by atoms with E-state index in [1.165, 1.54) is 12.1 Å². The van der Waals surface area contributed by atoms with E-state index >= 15 is 0 Å². The van der Waals surface area contributed by atoms with E-state index in [-0.39, 0.29) is 11.7 Å². The van der Waals surface area contributed by atoms with Crippen LogP contribution in [-0.4, -0.2) is 22.4 Å². The molecule has 0 bridgehead atoms. The molecule has 1 fully saturated rings. The molecule has 104 valence electrons. The number of carboxylic acids is 1. The van der Waals surface area contributed by atoms with E-state index in [4.69, 9.17) is 5.73 Å². The van der Waals surface area contributed by atoms with Gasteiger partial charge < -0.3 is 10.8 Å². The molecule has 0 saturated heterocycles. The van der Waals surface area contributed by atoms with Crippen molar-refractivity contribution in [2.75, 3.05) is 5.75 Å². The van der Waals surface area contributed by atoms with Gasteiger partial charge in [-0.15, -0.1) is 11.8 Å². The van der Waals surface area contributed by atoms with Crippen LogP contribution in [0.15, 0.2) is 29.2 Å². The van der Waals surface area contributed by atoms with E-state index in [0.29, 0.717) is 6.42 Å². The van der Waals surface area contributed by atoms with Gasteiger partial charge in [0, 0.05) is 4.90 Å². The van der Waals surface area contributed by atoms with E-state index < -0.39 is 11.5 Å². The maximum absolute atomic E-state index is 12.8. The normalized spacial score (nSPS) is 26.5. The van der Waals surface area contributed by atoms with E-state index in [1.807, 2.05) is 0 Å². The molecule has 3 nitrogen and oxygen atoms in total. The van der Waals surface area contributed by atoms with Crippen LogP contribution in [0, 0.1) is 11.7 Å². The van der Waals surface area contributed by atoms with Crippen LogP contribution >= 0.6 is 11.8 Å². The van der Waals surface area contributed by atoms with Crippen LogP contribution in [0.3, 0.4) is 0 Å². The maximum Gasteiger partial charge on any atom is 0.323 e. The molecular formula is C14H18FNO2S. The highest BCUT2D eigenvalue weighted by Crippen LogP contribution is 2.37. The van der Waals surface area contributed by atoms with Crippen molar-refractivity contribution < 1.29 is 14.3 Å². The number of hydrogen-bond acceptors (Lipinski definition) is 3. The zero-order valence-corrected chi connectivity index (χ0v) is 11.5. The van der Waals surface area contributed by atoms with E-state index in [2.05, 4.69) is 0 Å². The summed E-state index contributed by atoms with van der Waals surface area (Å²) >= 11 is 1.61. The second-order valence-corrected chi connectivity index (χ2v) is 6.19. The molecule has 5 heteroatoms. The molecule has 0 heterocycles. The smallest absolute Gasteiger partial charge is 0.323 e. The predicted molar refractivity (Wildman–Crippen MR) is 73.6 cm³/mol. The average Bonchev–Trinajstić information content (AvgIpc) is 2.75. The van der Waals surface area contributed by atoms with Crippen LogP contribution in [0.25, 0.3) is 0 Å². The minimum Gasteiger partial charge on any atom is -0.480 e. The van der Waals surface area contributed by atoms with Crippen molar-refractivity contribution >= 4 is 17.7 Å². The molecule has 1 aliphatic rings. The third-order valence-corrected chi connectivity index (χ3v) is 4.86. The third-order valence-electron chi connectivity index (χ3n) is 3.82. The van der Waals surface area contributed by atoms with Crippen molar-refractivity contribution in [2.24, 2.45) is 11.7 Å². The van der Waals surface area contributed by atoms with Crippen molar-refractivity contribution in [2.45, 2.75) is 36.1 Å². The molecule has 0 amide bonds. The summed E-state index contributed by atoms with van der Waals surface area (Å²) in [6, 6.07) is 6.34. The Morgan fingerprint density at radius 2 is 2.16 bits per heavy atom. The summed E-state index contributed by atoms with van der Waals surface area (Å²) in [6.45, 7) is 0. The largest absolute Gasteiger partial charge is 0.480 e. The van der Waals surface area contributed by atoms with Gasteiger partial charge in [-0.1, -0.05) is 6.42 Å². The van der Waals surface area contributed by atoms with Crippen molar-refractivity contribution in [1.29, 1.82) is 0 Å². The van der Waals surface area contributed by atoms with Gasteiger partial charge in [-0.05, 0) is 55.2 Å². The third kappa shape index (κ3) is 3.28. The van der Waals surface area contributed by atoms with Crippen LogP contribution in [0.5, 0.6) is 0 Å². The molecule has 2 unspecified atom stereocenters. The van der Waals surface area contributed by atoms with Crippen LogP contribution in [0.2, 0.25) is 0 Å². The molecule has 0 aromatic heterocycles. The summed E-state index contributed by atoms with van der Waals surface area (Å²) in [5, 5.41) is 9.22. The van der Waals surface area contributed by atoms with Gasteiger partial charge >= 0.3 is 5.97 Å². The highest BCUT2D eigenvalue weighted by atomic mass is 32.2. The van der Waals surface area contributed by atoms with E-state index in [0.717, 1.165) is 29.9 Å². The van der Waals surface area contributed by atoms with Crippen molar-refractivity contribution in [1.82, 2.24) is 0 Å². The zero-order chi connectivity index (χ0) is 13.9. The Morgan fingerprint density at radius 1 is 1.47 bits per heavy atom. The second-order valence-electron chi connectivity index (χ2n) is 5.03. The van der Waals surface area contributed by atoms with Gasteiger partial charge in [0.15, 0.2) is 0 Å². The first-order valence-electron chi connectivity index (χ1n) is 6.43. The molecule has 2 atom stereocenters. The number of carboxylic acid groups (broad SMARTS) is 1. The van der Waals surface area contributed by atoms with E-state index in [9.17, 15) is 14.3 Å². The lowest BCUT2D eigenvalue weighted by atomic mass is 9.86. The standard InChI is InChI=1S/C14H18FNO2S/c15-11-3-5-12(6-4-11)19-9-7-10-2-1-8-14(10,16)13(17)18/h3-6,10H,1-2,7-9,16H2,(H,17,18). The number of carbonyl (C=O) groups is 1. The van der Waals surface area contributed by atoms with E-state index in [1.54, 1.807) is 23.9 Å². The molecule has 3 N–H and O–H groups in total. The number of thioether (sulfide) groups is 1. The molecule has 2 rings (SSSR count). The van der Waals surface area contributed by atoms with Crippen LogP contribution in [-0.2, 0) is 4.79 Å². The Bertz CT molecular complexity index is 451. The molecule has 1 aromatic carbocycles. The summed E-state index contributed by atoms with van der Waals surface area (Å²) in [6.07, 6.45) is 3.11. The Balaban J connectivity index is 1.85. The first kappa shape index (κ1) is 14.3. The van der Waals surface area contributed by atoms with Gasteiger partial charge in [0.2, 0.25) is 0 Å². The highest BCUT2D eigenvalue weighted by molar-refractivity contribution is 7.99. The predicted octanol–water partition coefficient (Wildman–Crippen LogP) is 2.89. The maximum atomic E-state index is 12.8. The SMILES string of the molecule is NC1(C(=O)O)CCCC1CCSc1ccc(F)cc1. The molecule has 0 radical (unpaired) electrons. The lowest BCUT2D eigenvalue weighted by Crippen LogP contribution is -2.51. The number of hydrogen-bond donors (Lipinski definition) is 2. The Hall–Kier alpha value is -1.07. The van der Waals surface area contributed by atoms with Gasteiger partial charge in [0.1, 0.15) is 11.4 Å². The minimum atomic E-state index is -1.05. The van der Waals surface area contributed by atoms with Gasteiger partial charge in [-0.25, -0.2) is 4.39 Å². The number of rotatable bonds is 5. The summed E-state index contributed by atoms with van der Waals surface area (Å²) in [5.41, 5.74) is 4.93. The Kier molecular flexibility index (Phi) is 4.47. The first-order chi connectivity index (χ1) is 9.02. The second kappa shape index (κ2) is 5.92. The van der Waals surface area contributed by atoms with Gasteiger partial charge in [0.25, 0.3) is 0 Å². The fourth-order valence-corrected chi connectivity index (χ4v) is 3.60. The quantitative estimate of drug-likeness (QED) is 0.816. The summed E-state index contributed by atoms with van der Waals surface area (Å²) in [7, 11) is 0. The highest BCUT2D eigenvalue weighted by Gasteiger charge is 2.45. The Labute approximate surface area is 116 Å². The number of halogens is 1. The zero-order valence-electron chi connectivity index (χ0n) is 10.6. The molecule has 1 aliphatic carbocycles. The molecule has 0 aliphatic heterocycles. The topological polar surface area (TPSA) is 63.3 Å². The monoisotopic (exact) mass is 283 g/mol. The number of nitrogens with two attached hydrogens (primary N) is 1. The average molecular weight is 283 g/mol. The molecule has 0 spiro atoms. The lowest BCUT2D eigenvalue weighted by molar-refractivity contribution is -0.144. The van der Waals surface area contributed by atoms with Crippen LogP contribution in [0.4, 0.5) is 4.39 Å². The van der Waals surface area contributed by atoms with Gasteiger partial charge in [-0.2, -0.15) is 0 Å². The van der Waals surface area contributed by atoms with Crippen molar-refractivity contribution in [3.8, 4) is 0 Å². The molecule has 1 saturated carbocycles. The number of aliphatic carboxylic acids is 1. The minimum absolute atomic E-state index is 0.0398. The van der Waals surface area contributed by atoms with Gasteiger partial charge in [0.05, 0.1) is 0 Å². The summed E-state index contributed by atoms with van der Waals surface area (Å²) < 4.78 is 12.8. The van der Waals surface area contributed by atoms with Crippen LogP contribution in [0.1, 0.15) is 25.7 Å². The molecule has 1 aromatic rings. The van der Waals surface area contributed by atoms with Crippen LogP contribution < -0.4 is 5.73 Å². The van der Waals surface area contributed by atoms with Crippen molar-refractivity contribution in [3.63, 3.8) is 0 Å². The summed E-state index contributed by atoms with van der Waals surface area (Å²) in [4.78, 5) is 12.2. The first-order valence-corrected chi connectivity index (χ1v) is 7.41. The Morgan fingerprint density at radius 3 is 2.79 bits per heavy atom. The fourth-order valence-electron chi connectivity index (χ4n) is 2.64. The molecular weight excluding hydrogens is 265 g/mol. The number of benzene rings is 1. The van der Waals surface area contributed by atoms with Gasteiger partial charge in [-0.3, -0.25) is 4.79 Å². The summed E-state index contributed by atoms with van der Waals surface area (Å²) in [5.74, 6) is -0.283.